The van der Waals surface area contributed by atoms with Crippen LogP contribution in [0.1, 0.15) is 47.6 Å². The zero-order valence-corrected chi connectivity index (χ0v) is 14.0. The topological polar surface area (TPSA) is 60.9 Å². The molecule has 122 valence electrons. The lowest BCUT2D eigenvalue weighted by atomic mass is 10.0. The van der Waals surface area contributed by atoms with Gasteiger partial charge in [-0.25, -0.2) is 4.98 Å². The van der Waals surface area contributed by atoms with Gasteiger partial charge < -0.3 is 10.3 Å². The van der Waals surface area contributed by atoms with Crippen molar-refractivity contribution < 1.29 is 4.79 Å². The molecule has 1 amide bonds. The third kappa shape index (κ3) is 2.21. The molecule has 4 rings (SSSR count). The van der Waals surface area contributed by atoms with Gasteiger partial charge in [0, 0.05) is 28.4 Å². The van der Waals surface area contributed by atoms with Crippen molar-refractivity contribution in [2.24, 2.45) is 5.73 Å². The van der Waals surface area contributed by atoms with Gasteiger partial charge >= 0.3 is 0 Å². The number of nitrogens with two attached hydrogens (primary N) is 1. The Bertz CT molecular complexity index is 951. The molecule has 0 aliphatic heterocycles. The minimum absolute atomic E-state index is 0.369. The molecule has 2 N–H and O–H groups in total. The van der Waals surface area contributed by atoms with E-state index < -0.39 is 0 Å². The molecular formula is C20H21N3O. The summed E-state index contributed by atoms with van der Waals surface area (Å²) in [5.74, 6) is -0.369. The van der Waals surface area contributed by atoms with Crippen LogP contribution in [0.5, 0.6) is 0 Å². The number of amides is 1. The van der Waals surface area contributed by atoms with Gasteiger partial charge in [-0.15, -0.1) is 0 Å². The summed E-state index contributed by atoms with van der Waals surface area (Å²) in [6.07, 6.45) is 3.20. The molecule has 0 bridgehead atoms. The summed E-state index contributed by atoms with van der Waals surface area (Å²) in [4.78, 5) is 17.0. The monoisotopic (exact) mass is 319 g/mol. The first-order valence-electron chi connectivity index (χ1n) is 8.51. The number of para-hydroxylation sites is 1. The van der Waals surface area contributed by atoms with Gasteiger partial charge in [0.2, 0.25) is 0 Å². The third-order valence-corrected chi connectivity index (χ3v) is 4.90. The average molecular weight is 319 g/mol. The largest absolute Gasteiger partial charge is 0.366 e. The van der Waals surface area contributed by atoms with E-state index in [4.69, 9.17) is 10.7 Å². The number of hydrogen-bond donors (Lipinski definition) is 1. The highest BCUT2D eigenvalue weighted by atomic mass is 16.1. The van der Waals surface area contributed by atoms with E-state index in [0.717, 1.165) is 34.3 Å². The SMILES string of the molecule is CCc1c(-c2ccc3ccccc3n2)c(C(N)=O)c(C)n1C1CC1. The van der Waals surface area contributed by atoms with Crippen LogP contribution < -0.4 is 5.73 Å². The second kappa shape index (κ2) is 5.48. The van der Waals surface area contributed by atoms with E-state index in [9.17, 15) is 4.79 Å². The predicted molar refractivity (Wildman–Crippen MR) is 96.1 cm³/mol. The molecule has 4 heteroatoms. The molecule has 2 aromatic heterocycles. The number of fused-ring (bicyclic) bond motifs is 1. The van der Waals surface area contributed by atoms with Crippen molar-refractivity contribution in [1.29, 1.82) is 0 Å². The van der Waals surface area contributed by atoms with Crippen molar-refractivity contribution in [2.75, 3.05) is 0 Å². The van der Waals surface area contributed by atoms with Crippen LogP contribution in [0, 0.1) is 6.92 Å². The number of hydrogen-bond acceptors (Lipinski definition) is 2. The summed E-state index contributed by atoms with van der Waals surface area (Å²) in [7, 11) is 0. The van der Waals surface area contributed by atoms with Gasteiger partial charge in [0.1, 0.15) is 0 Å². The maximum absolute atomic E-state index is 12.2. The Hall–Kier alpha value is -2.62. The van der Waals surface area contributed by atoms with Gasteiger partial charge in [0.25, 0.3) is 5.91 Å². The van der Waals surface area contributed by atoms with Crippen molar-refractivity contribution in [1.82, 2.24) is 9.55 Å². The third-order valence-electron chi connectivity index (χ3n) is 4.90. The fraction of sp³-hybridized carbons (Fsp3) is 0.300. The lowest BCUT2D eigenvalue weighted by Gasteiger charge is -2.10. The molecule has 3 aromatic rings. The first kappa shape index (κ1) is 14.9. The van der Waals surface area contributed by atoms with E-state index in [0.29, 0.717) is 11.6 Å². The Morgan fingerprint density at radius 2 is 2.00 bits per heavy atom. The summed E-state index contributed by atoms with van der Waals surface area (Å²) in [5.41, 5.74) is 11.2. The standard InChI is InChI=1S/C20H21N3O/c1-3-17-19(16-11-8-13-6-4-5-7-15(13)22-16)18(20(21)24)12(2)23(17)14-9-10-14/h4-8,11,14H,3,9-10H2,1-2H3,(H2,21,24). The Balaban J connectivity index is 2.01. The maximum atomic E-state index is 12.2. The molecule has 4 nitrogen and oxygen atoms in total. The van der Waals surface area contributed by atoms with E-state index in [1.807, 2.05) is 37.3 Å². The molecule has 1 saturated carbocycles. The second-order valence-electron chi connectivity index (χ2n) is 6.49. The number of rotatable bonds is 4. The highest BCUT2D eigenvalue weighted by Gasteiger charge is 2.32. The molecule has 2 heterocycles. The molecule has 0 saturated heterocycles. The van der Waals surface area contributed by atoms with Crippen LogP contribution >= 0.6 is 0 Å². The summed E-state index contributed by atoms with van der Waals surface area (Å²) in [6, 6.07) is 12.6. The van der Waals surface area contributed by atoms with Crippen LogP contribution in [0.15, 0.2) is 36.4 Å². The normalized spacial score (nSPS) is 14.2. The van der Waals surface area contributed by atoms with Crippen LogP contribution in [-0.4, -0.2) is 15.5 Å². The van der Waals surface area contributed by atoms with E-state index in [2.05, 4.69) is 17.6 Å². The fourth-order valence-corrected chi connectivity index (χ4v) is 3.73. The zero-order chi connectivity index (χ0) is 16.8. The second-order valence-corrected chi connectivity index (χ2v) is 6.49. The van der Waals surface area contributed by atoms with Crippen LogP contribution in [0.4, 0.5) is 0 Å². The number of pyridine rings is 1. The van der Waals surface area contributed by atoms with Gasteiger partial charge in [-0.3, -0.25) is 4.79 Å². The van der Waals surface area contributed by atoms with Gasteiger partial charge in [0.15, 0.2) is 0 Å². The van der Waals surface area contributed by atoms with Crippen molar-refractivity contribution in [3.63, 3.8) is 0 Å². The first-order chi connectivity index (χ1) is 11.6. The quantitative estimate of drug-likeness (QED) is 0.790. The summed E-state index contributed by atoms with van der Waals surface area (Å²) in [6.45, 7) is 4.13. The Labute approximate surface area is 141 Å². The smallest absolute Gasteiger partial charge is 0.251 e. The number of benzene rings is 1. The fourth-order valence-electron chi connectivity index (χ4n) is 3.73. The average Bonchev–Trinajstić information content (AvgIpc) is 3.37. The Kier molecular flexibility index (Phi) is 3.41. The van der Waals surface area contributed by atoms with Crippen molar-refractivity contribution >= 4 is 16.8 Å². The molecule has 0 atom stereocenters. The summed E-state index contributed by atoms with van der Waals surface area (Å²) in [5, 5.41) is 1.10. The molecule has 0 unspecified atom stereocenters. The first-order valence-corrected chi connectivity index (χ1v) is 8.51. The molecule has 1 aliphatic rings. The molecule has 1 aliphatic carbocycles. The van der Waals surface area contributed by atoms with Crippen molar-refractivity contribution in [3.05, 3.63) is 53.3 Å². The molecule has 0 spiro atoms. The van der Waals surface area contributed by atoms with E-state index in [1.165, 1.54) is 18.5 Å². The lowest BCUT2D eigenvalue weighted by Crippen LogP contribution is -2.13. The number of nitrogens with zero attached hydrogens (tertiary/aromatic N) is 2. The number of aromatic nitrogens is 2. The predicted octanol–water partition coefficient (Wildman–Crippen LogP) is 4.01. The zero-order valence-electron chi connectivity index (χ0n) is 14.0. The summed E-state index contributed by atoms with van der Waals surface area (Å²) < 4.78 is 2.31. The van der Waals surface area contributed by atoms with Gasteiger partial charge in [0.05, 0.1) is 16.8 Å². The van der Waals surface area contributed by atoms with Gasteiger partial charge in [-0.1, -0.05) is 31.2 Å². The highest BCUT2D eigenvalue weighted by Crippen LogP contribution is 2.43. The minimum Gasteiger partial charge on any atom is -0.366 e. The minimum atomic E-state index is -0.369. The van der Waals surface area contributed by atoms with Gasteiger partial charge in [-0.05, 0) is 38.3 Å². The van der Waals surface area contributed by atoms with E-state index >= 15 is 0 Å². The van der Waals surface area contributed by atoms with Crippen LogP contribution in [0.25, 0.3) is 22.2 Å². The van der Waals surface area contributed by atoms with Crippen molar-refractivity contribution in [3.8, 4) is 11.3 Å². The number of primary amides is 1. The van der Waals surface area contributed by atoms with Crippen LogP contribution in [0.2, 0.25) is 0 Å². The Morgan fingerprint density at radius 1 is 1.25 bits per heavy atom. The van der Waals surface area contributed by atoms with Crippen LogP contribution in [0.3, 0.4) is 0 Å². The number of carbonyl (C=O) groups excluding carboxylic acids is 1. The Morgan fingerprint density at radius 3 is 2.67 bits per heavy atom. The van der Waals surface area contributed by atoms with Crippen molar-refractivity contribution in [2.45, 2.75) is 39.2 Å². The van der Waals surface area contributed by atoms with E-state index in [-0.39, 0.29) is 5.91 Å². The molecule has 0 radical (unpaired) electrons. The van der Waals surface area contributed by atoms with Gasteiger partial charge in [-0.2, -0.15) is 0 Å². The molecule has 24 heavy (non-hydrogen) atoms. The number of carbonyl (C=O) groups is 1. The highest BCUT2D eigenvalue weighted by molar-refractivity contribution is 6.02. The summed E-state index contributed by atoms with van der Waals surface area (Å²) >= 11 is 0. The molecular weight excluding hydrogens is 298 g/mol. The maximum Gasteiger partial charge on any atom is 0.251 e. The molecule has 1 aromatic carbocycles. The molecule has 1 fully saturated rings. The lowest BCUT2D eigenvalue weighted by molar-refractivity contribution is 0.1000. The van der Waals surface area contributed by atoms with Crippen LogP contribution in [-0.2, 0) is 6.42 Å². The van der Waals surface area contributed by atoms with E-state index in [1.54, 1.807) is 0 Å².